The van der Waals surface area contributed by atoms with Gasteiger partial charge in [0.25, 0.3) is 0 Å². The van der Waals surface area contributed by atoms with E-state index in [4.69, 9.17) is 11.6 Å². The first-order valence-electron chi connectivity index (χ1n) is 8.13. The lowest BCUT2D eigenvalue weighted by atomic mass is 9.95. The predicted molar refractivity (Wildman–Crippen MR) is 99.9 cm³/mol. The molecule has 0 bridgehead atoms. The van der Waals surface area contributed by atoms with Crippen LogP contribution in [0.2, 0.25) is 5.02 Å². The van der Waals surface area contributed by atoms with Crippen LogP contribution in [-0.2, 0) is 11.2 Å². The number of amides is 1. The van der Waals surface area contributed by atoms with Crippen molar-refractivity contribution in [2.45, 2.75) is 26.3 Å². The molecule has 3 aromatic rings. The van der Waals surface area contributed by atoms with Crippen LogP contribution in [0.1, 0.15) is 36.6 Å². The lowest BCUT2D eigenvalue weighted by Gasteiger charge is -2.21. The Kier molecular flexibility index (Phi) is 4.91. The van der Waals surface area contributed by atoms with Gasteiger partial charge >= 0.3 is 0 Å². The second-order valence-electron chi connectivity index (χ2n) is 5.92. The fourth-order valence-corrected chi connectivity index (χ4v) is 3.19. The molecule has 0 radical (unpaired) electrons. The van der Waals surface area contributed by atoms with Crippen molar-refractivity contribution in [2.75, 3.05) is 0 Å². The van der Waals surface area contributed by atoms with Gasteiger partial charge in [-0.3, -0.25) is 9.78 Å². The normalized spacial score (nSPS) is 12.1. The number of aromatic nitrogens is 1. The van der Waals surface area contributed by atoms with Crippen molar-refractivity contribution in [3.05, 3.63) is 70.4 Å². The van der Waals surface area contributed by atoms with Gasteiger partial charge in [-0.05, 0) is 35.7 Å². The van der Waals surface area contributed by atoms with E-state index in [2.05, 4.69) is 17.2 Å². The monoisotopic (exact) mass is 354 g/mol. The minimum atomic E-state index is -0.507. The number of carbonyl (C=O) groups excluding carboxylic acids is 1. The van der Waals surface area contributed by atoms with Crippen molar-refractivity contribution in [1.29, 1.82) is 0 Å². The summed E-state index contributed by atoms with van der Waals surface area (Å²) in [5, 5.41) is 14.8. The minimum Gasteiger partial charge on any atom is -0.505 e. The number of nitrogens with zero attached hydrogens (tertiary/aromatic N) is 1. The van der Waals surface area contributed by atoms with Gasteiger partial charge in [0.1, 0.15) is 11.3 Å². The molecular weight excluding hydrogens is 336 g/mol. The Hall–Kier alpha value is -2.59. The van der Waals surface area contributed by atoms with Crippen molar-refractivity contribution in [2.24, 2.45) is 0 Å². The number of aromatic hydroxyl groups is 1. The van der Waals surface area contributed by atoms with Crippen LogP contribution in [0.25, 0.3) is 10.9 Å². The van der Waals surface area contributed by atoms with Gasteiger partial charge in [-0.15, -0.1) is 0 Å². The summed E-state index contributed by atoms with van der Waals surface area (Å²) in [6, 6.07) is 12.7. The lowest BCUT2D eigenvalue weighted by molar-refractivity contribution is -0.119. The van der Waals surface area contributed by atoms with E-state index in [-0.39, 0.29) is 11.7 Å². The second kappa shape index (κ2) is 7.11. The Bertz CT molecular complexity index is 923. The third kappa shape index (κ3) is 3.44. The van der Waals surface area contributed by atoms with Gasteiger partial charge in [-0.1, -0.05) is 42.8 Å². The molecule has 128 valence electrons. The van der Waals surface area contributed by atoms with Crippen LogP contribution >= 0.6 is 11.6 Å². The molecule has 2 aromatic carbocycles. The fraction of sp³-hybridized carbons (Fsp3) is 0.200. The Balaban J connectivity index is 2.17. The minimum absolute atomic E-state index is 0.0262. The van der Waals surface area contributed by atoms with E-state index in [1.54, 1.807) is 24.4 Å². The summed E-state index contributed by atoms with van der Waals surface area (Å²) in [6.07, 6.45) is 2.54. The Labute approximate surface area is 151 Å². The van der Waals surface area contributed by atoms with Crippen molar-refractivity contribution in [3.63, 3.8) is 0 Å². The predicted octanol–water partition coefficient (Wildman–Crippen LogP) is 4.38. The van der Waals surface area contributed by atoms with E-state index in [0.717, 1.165) is 12.0 Å². The Morgan fingerprint density at radius 3 is 2.64 bits per heavy atom. The van der Waals surface area contributed by atoms with Gasteiger partial charge in [0.15, 0.2) is 0 Å². The number of fused-ring (bicyclic) bond motifs is 1. The first-order valence-corrected chi connectivity index (χ1v) is 8.51. The van der Waals surface area contributed by atoms with Crippen LogP contribution in [0.5, 0.6) is 5.75 Å². The van der Waals surface area contributed by atoms with Crippen molar-refractivity contribution >= 4 is 28.4 Å². The van der Waals surface area contributed by atoms with Crippen LogP contribution in [0.4, 0.5) is 0 Å². The molecule has 1 aromatic heterocycles. The van der Waals surface area contributed by atoms with E-state index < -0.39 is 6.04 Å². The van der Waals surface area contributed by atoms with E-state index in [9.17, 15) is 9.90 Å². The van der Waals surface area contributed by atoms with Crippen molar-refractivity contribution < 1.29 is 9.90 Å². The van der Waals surface area contributed by atoms with Gasteiger partial charge in [-0.2, -0.15) is 0 Å². The Morgan fingerprint density at radius 1 is 1.28 bits per heavy atom. The summed E-state index contributed by atoms with van der Waals surface area (Å²) < 4.78 is 0. The molecule has 5 heteroatoms. The molecule has 1 atom stereocenters. The highest BCUT2D eigenvalue weighted by atomic mass is 35.5. The number of hydrogen-bond acceptors (Lipinski definition) is 3. The maximum atomic E-state index is 11.7. The number of nitrogens with one attached hydrogen (secondary N) is 1. The van der Waals surface area contributed by atoms with E-state index in [1.807, 2.05) is 24.3 Å². The van der Waals surface area contributed by atoms with E-state index >= 15 is 0 Å². The first kappa shape index (κ1) is 17.2. The molecule has 0 aliphatic carbocycles. The highest BCUT2D eigenvalue weighted by Crippen LogP contribution is 2.38. The smallest absolute Gasteiger partial charge is 0.217 e. The zero-order valence-electron chi connectivity index (χ0n) is 14.1. The summed E-state index contributed by atoms with van der Waals surface area (Å²) in [4.78, 5) is 16.0. The molecule has 0 saturated carbocycles. The van der Waals surface area contributed by atoms with Gasteiger partial charge in [0, 0.05) is 24.1 Å². The molecule has 0 fully saturated rings. The number of benzene rings is 2. The summed E-state index contributed by atoms with van der Waals surface area (Å²) in [5.41, 5.74) is 3.02. The summed E-state index contributed by atoms with van der Waals surface area (Å²) in [7, 11) is 0. The molecule has 1 heterocycles. The molecule has 0 aliphatic heterocycles. The topological polar surface area (TPSA) is 62.2 Å². The zero-order chi connectivity index (χ0) is 18.0. The quantitative estimate of drug-likeness (QED) is 0.730. The number of aryl methyl sites for hydroxylation is 1. The number of pyridine rings is 1. The molecule has 2 N–H and O–H groups in total. The fourth-order valence-electron chi connectivity index (χ4n) is 2.92. The largest absolute Gasteiger partial charge is 0.505 e. The summed E-state index contributed by atoms with van der Waals surface area (Å²) >= 11 is 6.39. The Morgan fingerprint density at radius 2 is 2.00 bits per heavy atom. The average Bonchev–Trinajstić information content (AvgIpc) is 2.63. The number of rotatable bonds is 4. The van der Waals surface area contributed by atoms with Crippen LogP contribution in [-0.4, -0.2) is 16.0 Å². The van der Waals surface area contributed by atoms with Crippen LogP contribution in [0, 0.1) is 0 Å². The average molecular weight is 355 g/mol. The number of halogens is 1. The van der Waals surface area contributed by atoms with Crippen LogP contribution in [0.3, 0.4) is 0 Å². The number of phenols is 1. The summed E-state index contributed by atoms with van der Waals surface area (Å²) in [6.45, 7) is 3.53. The molecule has 25 heavy (non-hydrogen) atoms. The standard InChI is InChI=1S/C20H19ClN2O2/c1-3-13-6-8-14(9-7-13)18(23-12(2)24)16-11-17(21)15-5-4-10-22-19(15)20(16)25/h4-11,18,25H,3H2,1-2H3,(H,23,24). The number of hydrogen-bond donors (Lipinski definition) is 2. The van der Waals surface area contributed by atoms with E-state index in [0.29, 0.717) is 21.5 Å². The van der Waals surface area contributed by atoms with Gasteiger partial charge in [-0.25, -0.2) is 0 Å². The van der Waals surface area contributed by atoms with E-state index in [1.165, 1.54) is 12.5 Å². The third-order valence-electron chi connectivity index (χ3n) is 4.22. The molecule has 0 saturated heterocycles. The molecule has 4 nitrogen and oxygen atoms in total. The molecule has 1 amide bonds. The maximum Gasteiger partial charge on any atom is 0.217 e. The molecule has 1 unspecified atom stereocenters. The molecule has 3 rings (SSSR count). The number of phenolic OH excluding ortho intramolecular Hbond substituents is 1. The maximum absolute atomic E-state index is 11.7. The first-order chi connectivity index (χ1) is 12.0. The molecular formula is C20H19ClN2O2. The lowest BCUT2D eigenvalue weighted by Crippen LogP contribution is -2.27. The van der Waals surface area contributed by atoms with Crippen molar-refractivity contribution in [3.8, 4) is 5.75 Å². The summed E-state index contributed by atoms with van der Waals surface area (Å²) in [5.74, 6) is -0.167. The van der Waals surface area contributed by atoms with Gasteiger partial charge in [0.05, 0.1) is 11.1 Å². The van der Waals surface area contributed by atoms with Crippen LogP contribution < -0.4 is 5.32 Å². The highest BCUT2D eigenvalue weighted by Gasteiger charge is 2.22. The number of carbonyl (C=O) groups is 1. The van der Waals surface area contributed by atoms with Gasteiger partial charge < -0.3 is 10.4 Å². The molecule has 0 aliphatic rings. The van der Waals surface area contributed by atoms with Crippen LogP contribution in [0.15, 0.2) is 48.7 Å². The third-order valence-corrected chi connectivity index (χ3v) is 4.54. The zero-order valence-corrected chi connectivity index (χ0v) is 14.8. The second-order valence-corrected chi connectivity index (χ2v) is 6.33. The SMILES string of the molecule is CCc1ccc(C(NC(C)=O)c2cc(Cl)c3cccnc3c2O)cc1. The highest BCUT2D eigenvalue weighted by molar-refractivity contribution is 6.35. The van der Waals surface area contributed by atoms with Crippen molar-refractivity contribution in [1.82, 2.24) is 10.3 Å². The molecule has 0 spiro atoms. The van der Waals surface area contributed by atoms with Gasteiger partial charge in [0.2, 0.25) is 5.91 Å².